The van der Waals surface area contributed by atoms with Crippen molar-refractivity contribution < 1.29 is 17.9 Å². The number of aromatic nitrogens is 2. The first-order valence-electron chi connectivity index (χ1n) is 11.2. The van der Waals surface area contributed by atoms with Gasteiger partial charge in [0.1, 0.15) is 17.1 Å². The number of ether oxygens (including phenoxy) is 1. The summed E-state index contributed by atoms with van der Waals surface area (Å²) in [6, 6.07) is 19.2. The Balaban J connectivity index is 1.82. The molecule has 36 heavy (non-hydrogen) atoms. The second-order valence-corrected chi connectivity index (χ2v) is 10.2. The molecule has 2 aromatic heterocycles. The van der Waals surface area contributed by atoms with Crippen molar-refractivity contribution in [2.45, 2.75) is 32.7 Å². The molecule has 0 saturated carbocycles. The lowest BCUT2D eigenvalue weighted by Gasteiger charge is -2.17. The molecule has 0 atom stereocenters. The number of anilines is 1. The van der Waals surface area contributed by atoms with E-state index in [1.54, 1.807) is 13.0 Å². The molecule has 4 aromatic rings. The molecule has 0 spiro atoms. The van der Waals surface area contributed by atoms with Crippen molar-refractivity contribution in [3.05, 3.63) is 94.5 Å². The molecule has 0 radical (unpaired) electrons. The summed E-state index contributed by atoms with van der Waals surface area (Å²) in [6.07, 6.45) is 0. The van der Waals surface area contributed by atoms with Crippen LogP contribution in [0, 0.1) is 27.7 Å². The third-order valence-electron chi connectivity index (χ3n) is 5.53. The molecule has 9 heteroatoms. The van der Waals surface area contributed by atoms with Crippen molar-refractivity contribution in [2.75, 3.05) is 5.73 Å². The lowest BCUT2D eigenvalue weighted by molar-refractivity contribution is 0.0977. The highest BCUT2D eigenvalue weighted by Gasteiger charge is 2.26. The van der Waals surface area contributed by atoms with E-state index >= 15 is 0 Å². The zero-order valence-electron chi connectivity index (χ0n) is 20.4. The quantitative estimate of drug-likeness (QED) is 0.385. The highest BCUT2D eigenvalue weighted by atomic mass is 32.2. The number of carbonyl (C=O) groups is 1. The molecule has 0 bridgehead atoms. The van der Waals surface area contributed by atoms with Gasteiger partial charge in [0.15, 0.2) is 5.03 Å². The van der Waals surface area contributed by atoms with Crippen LogP contribution in [0.3, 0.4) is 0 Å². The van der Waals surface area contributed by atoms with E-state index in [1.807, 2.05) is 63.2 Å². The van der Waals surface area contributed by atoms with Gasteiger partial charge in [0.25, 0.3) is 15.9 Å². The Morgan fingerprint density at radius 1 is 0.861 bits per heavy atom. The normalized spacial score (nSPS) is 11.2. The third kappa shape index (κ3) is 5.21. The summed E-state index contributed by atoms with van der Waals surface area (Å²) < 4.78 is 34.0. The minimum absolute atomic E-state index is 0.00142. The largest absolute Gasteiger partial charge is 0.438 e. The summed E-state index contributed by atoms with van der Waals surface area (Å²) in [6.45, 7) is 7.49. The van der Waals surface area contributed by atoms with Crippen LogP contribution in [0.25, 0.3) is 11.3 Å². The fourth-order valence-electron chi connectivity index (χ4n) is 3.98. The molecule has 8 nitrogen and oxygen atoms in total. The minimum atomic E-state index is -4.29. The Morgan fingerprint density at radius 2 is 1.53 bits per heavy atom. The number of sulfonamides is 1. The second kappa shape index (κ2) is 9.79. The van der Waals surface area contributed by atoms with E-state index in [9.17, 15) is 13.2 Å². The summed E-state index contributed by atoms with van der Waals surface area (Å²) in [5.74, 6) is -0.324. The number of nitrogens with two attached hydrogens (primary N) is 1. The summed E-state index contributed by atoms with van der Waals surface area (Å²) in [5, 5.41) is -0.366. The van der Waals surface area contributed by atoms with Gasteiger partial charge < -0.3 is 10.5 Å². The van der Waals surface area contributed by atoms with Crippen molar-refractivity contribution in [2.24, 2.45) is 0 Å². The van der Waals surface area contributed by atoms with Crippen LogP contribution in [0.5, 0.6) is 11.6 Å². The van der Waals surface area contributed by atoms with Gasteiger partial charge in [0.05, 0.1) is 5.69 Å². The van der Waals surface area contributed by atoms with E-state index in [4.69, 9.17) is 10.5 Å². The fraction of sp³-hybridized carbons (Fsp3) is 0.148. The number of aryl methyl sites for hydroxylation is 4. The molecule has 0 fully saturated rings. The molecule has 1 amide bonds. The van der Waals surface area contributed by atoms with Gasteiger partial charge in [-0.15, -0.1) is 0 Å². The molecule has 4 rings (SSSR count). The lowest BCUT2D eigenvalue weighted by atomic mass is 10.0. The van der Waals surface area contributed by atoms with Crippen LogP contribution in [0.1, 0.15) is 32.6 Å². The summed E-state index contributed by atoms with van der Waals surface area (Å²) in [4.78, 5) is 21.8. The maximum atomic E-state index is 13.4. The van der Waals surface area contributed by atoms with E-state index in [2.05, 4.69) is 14.7 Å². The smallest absolute Gasteiger partial charge is 0.281 e. The SMILES string of the molecule is Cc1cc(C)c(Oc2nc(-c3ccccc3)cc(C)c2C(=O)NS(=O)(=O)c2cccc(N)n2)c(C)c1. The Bertz CT molecular complexity index is 1550. The number of nitrogens with zero attached hydrogens (tertiary/aromatic N) is 2. The molecule has 0 saturated heterocycles. The molecule has 0 aliphatic rings. The van der Waals surface area contributed by atoms with Crippen LogP contribution >= 0.6 is 0 Å². The third-order valence-corrected chi connectivity index (χ3v) is 6.76. The van der Waals surface area contributed by atoms with Crippen molar-refractivity contribution in [3.8, 4) is 22.9 Å². The van der Waals surface area contributed by atoms with Crippen LogP contribution in [-0.2, 0) is 10.0 Å². The standard InChI is InChI=1S/C27H26N4O4S/c1-16-13-18(3)25(19(4)14-16)35-27-24(17(2)15-21(29-27)20-9-6-5-7-10-20)26(32)31-36(33,34)23-12-8-11-22(28)30-23/h5-15H,1-4H3,(H2,28,30)(H,31,32). The van der Waals surface area contributed by atoms with E-state index in [-0.39, 0.29) is 22.3 Å². The Labute approximate surface area is 210 Å². The van der Waals surface area contributed by atoms with Crippen molar-refractivity contribution >= 4 is 21.7 Å². The first-order chi connectivity index (χ1) is 17.0. The number of benzene rings is 2. The topological polar surface area (TPSA) is 124 Å². The Hall–Kier alpha value is -4.24. The molecular weight excluding hydrogens is 476 g/mol. The van der Waals surface area contributed by atoms with E-state index in [0.29, 0.717) is 17.0 Å². The van der Waals surface area contributed by atoms with Gasteiger partial charge in [-0.2, -0.15) is 8.42 Å². The molecule has 3 N–H and O–H groups in total. The van der Waals surface area contributed by atoms with Crippen molar-refractivity contribution in [3.63, 3.8) is 0 Å². The number of pyridine rings is 2. The summed E-state index contributed by atoms with van der Waals surface area (Å²) in [7, 11) is -4.29. The number of amides is 1. The monoisotopic (exact) mass is 502 g/mol. The zero-order chi connectivity index (χ0) is 26.0. The van der Waals surface area contributed by atoms with E-state index in [1.165, 1.54) is 18.2 Å². The molecule has 0 aliphatic carbocycles. The maximum absolute atomic E-state index is 13.4. The number of hydrogen-bond acceptors (Lipinski definition) is 7. The van der Waals surface area contributed by atoms with Gasteiger partial charge in [-0.25, -0.2) is 14.7 Å². The first-order valence-corrected chi connectivity index (χ1v) is 12.7. The predicted molar refractivity (Wildman–Crippen MR) is 138 cm³/mol. The van der Waals surface area contributed by atoms with E-state index in [0.717, 1.165) is 22.3 Å². The van der Waals surface area contributed by atoms with Crippen LogP contribution < -0.4 is 15.2 Å². The van der Waals surface area contributed by atoms with Crippen LogP contribution in [0.2, 0.25) is 0 Å². The summed E-state index contributed by atoms with van der Waals surface area (Å²) >= 11 is 0. The average molecular weight is 503 g/mol. The zero-order valence-corrected chi connectivity index (χ0v) is 21.2. The second-order valence-electron chi connectivity index (χ2n) is 8.54. The van der Waals surface area contributed by atoms with Gasteiger partial charge >= 0.3 is 0 Å². The van der Waals surface area contributed by atoms with Crippen LogP contribution in [0.4, 0.5) is 5.82 Å². The number of carbonyl (C=O) groups excluding carboxylic acids is 1. The van der Waals surface area contributed by atoms with Gasteiger partial charge in [-0.1, -0.05) is 54.1 Å². The first kappa shape index (κ1) is 24.9. The highest BCUT2D eigenvalue weighted by molar-refractivity contribution is 7.90. The minimum Gasteiger partial charge on any atom is -0.438 e. The molecule has 2 heterocycles. The number of hydrogen-bond donors (Lipinski definition) is 2. The fourth-order valence-corrected chi connectivity index (χ4v) is 4.91. The molecule has 0 unspecified atom stereocenters. The van der Waals surface area contributed by atoms with Gasteiger partial charge in [0.2, 0.25) is 5.88 Å². The predicted octanol–water partition coefficient (Wildman–Crippen LogP) is 4.87. The van der Waals surface area contributed by atoms with Crippen LogP contribution in [-0.4, -0.2) is 24.3 Å². The average Bonchev–Trinajstić information content (AvgIpc) is 2.81. The molecule has 2 aromatic carbocycles. The molecular formula is C27H26N4O4S. The maximum Gasteiger partial charge on any atom is 0.281 e. The van der Waals surface area contributed by atoms with Crippen molar-refractivity contribution in [1.82, 2.24) is 14.7 Å². The number of nitrogen functional groups attached to an aromatic ring is 1. The number of nitrogens with one attached hydrogen (secondary N) is 1. The summed E-state index contributed by atoms with van der Waals surface area (Å²) in [5.41, 5.74) is 10.3. The molecule has 0 aliphatic heterocycles. The van der Waals surface area contributed by atoms with Crippen LogP contribution in [0.15, 0.2) is 71.8 Å². The Morgan fingerprint density at radius 3 is 2.17 bits per heavy atom. The number of rotatable bonds is 6. The van der Waals surface area contributed by atoms with Crippen molar-refractivity contribution in [1.29, 1.82) is 0 Å². The van der Waals surface area contributed by atoms with Gasteiger partial charge in [-0.3, -0.25) is 4.79 Å². The van der Waals surface area contributed by atoms with Gasteiger partial charge in [-0.05, 0) is 62.6 Å². The van der Waals surface area contributed by atoms with Gasteiger partial charge in [0, 0.05) is 5.56 Å². The molecule has 184 valence electrons. The Kier molecular flexibility index (Phi) is 6.76. The van der Waals surface area contributed by atoms with E-state index < -0.39 is 15.9 Å². The lowest BCUT2D eigenvalue weighted by Crippen LogP contribution is -2.32. The highest BCUT2D eigenvalue weighted by Crippen LogP contribution is 2.34.